The van der Waals surface area contributed by atoms with Gasteiger partial charge in [-0.15, -0.1) is 0 Å². The van der Waals surface area contributed by atoms with Crippen molar-refractivity contribution in [3.8, 4) is 0 Å². The fraction of sp³-hybridized carbons (Fsp3) is 0.533. The molecule has 0 saturated carbocycles. The summed E-state index contributed by atoms with van der Waals surface area (Å²) in [6.07, 6.45) is 0. The molecule has 1 rings (SSSR count). The van der Waals surface area contributed by atoms with E-state index < -0.39 is 0 Å². The molecule has 0 spiro atoms. The Bertz CT molecular complexity index is 384. The lowest BCUT2D eigenvalue weighted by atomic mass is 10.0. The van der Waals surface area contributed by atoms with Crippen molar-refractivity contribution in [2.24, 2.45) is 0 Å². The fourth-order valence-corrected chi connectivity index (χ4v) is 1.84. The Morgan fingerprint density at radius 1 is 1.22 bits per heavy atom. The van der Waals surface area contributed by atoms with Crippen molar-refractivity contribution in [2.75, 3.05) is 14.1 Å². The number of amides is 1. The van der Waals surface area contributed by atoms with E-state index in [4.69, 9.17) is 0 Å². The molecule has 0 aliphatic heterocycles. The molecule has 0 unspecified atom stereocenters. The van der Waals surface area contributed by atoms with Gasteiger partial charge in [-0.2, -0.15) is 0 Å². The van der Waals surface area contributed by atoms with E-state index in [0.29, 0.717) is 5.92 Å². The van der Waals surface area contributed by atoms with Crippen LogP contribution in [0.2, 0.25) is 0 Å². The van der Waals surface area contributed by atoms with Gasteiger partial charge in [-0.25, -0.2) is 0 Å². The largest absolute Gasteiger partial charge is 0.358 e. The third kappa shape index (κ3) is 3.84. The van der Waals surface area contributed by atoms with Crippen molar-refractivity contribution in [2.45, 2.75) is 39.3 Å². The smallest absolute Gasteiger partial charge is 0.236 e. The summed E-state index contributed by atoms with van der Waals surface area (Å²) in [7, 11) is 3.64. The fourth-order valence-electron chi connectivity index (χ4n) is 1.84. The average molecular weight is 248 g/mol. The molecule has 0 aliphatic rings. The number of nitrogens with one attached hydrogen (secondary N) is 1. The van der Waals surface area contributed by atoms with E-state index in [1.807, 2.05) is 18.9 Å². The molecule has 0 bridgehead atoms. The summed E-state index contributed by atoms with van der Waals surface area (Å²) in [5, 5.41) is 2.67. The van der Waals surface area contributed by atoms with Gasteiger partial charge in [0.25, 0.3) is 0 Å². The highest BCUT2D eigenvalue weighted by atomic mass is 16.2. The van der Waals surface area contributed by atoms with Crippen LogP contribution in [0.5, 0.6) is 0 Å². The van der Waals surface area contributed by atoms with Crippen LogP contribution in [0.25, 0.3) is 0 Å². The standard InChI is InChI=1S/C15H24N2O/c1-11(2)14-8-6-13(7-9-14)10-17(5)12(3)15(18)16-4/h6-9,11-12H,10H2,1-5H3,(H,16,18)/t12-/m0/s1. The zero-order valence-corrected chi connectivity index (χ0v) is 12.0. The van der Waals surface area contributed by atoms with Gasteiger partial charge in [-0.3, -0.25) is 9.69 Å². The molecule has 18 heavy (non-hydrogen) atoms. The van der Waals surface area contributed by atoms with Crippen LogP contribution < -0.4 is 5.32 Å². The van der Waals surface area contributed by atoms with Crippen molar-refractivity contribution < 1.29 is 4.79 Å². The summed E-state index contributed by atoms with van der Waals surface area (Å²) in [6.45, 7) is 7.08. The average Bonchev–Trinajstić information content (AvgIpc) is 2.37. The lowest BCUT2D eigenvalue weighted by molar-refractivity contribution is -0.125. The second kappa shape index (κ2) is 6.55. The third-order valence-electron chi connectivity index (χ3n) is 3.37. The number of hydrogen-bond donors (Lipinski definition) is 1. The molecule has 0 fully saturated rings. The van der Waals surface area contributed by atoms with Gasteiger partial charge in [-0.05, 0) is 31.0 Å². The predicted molar refractivity (Wildman–Crippen MR) is 75.5 cm³/mol. The summed E-state index contributed by atoms with van der Waals surface area (Å²) in [4.78, 5) is 13.6. The first-order valence-corrected chi connectivity index (χ1v) is 6.46. The van der Waals surface area contributed by atoms with E-state index in [1.165, 1.54) is 11.1 Å². The minimum atomic E-state index is -0.111. The maximum Gasteiger partial charge on any atom is 0.236 e. The topological polar surface area (TPSA) is 32.3 Å². The summed E-state index contributed by atoms with van der Waals surface area (Å²) in [5.74, 6) is 0.609. The number of carbonyl (C=O) groups is 1. The molecule has 0 aliphatic carbocycles. The highest BCUT2D eigenvalue weighted by Crippen LogP contribution is 2.15. The van der Waals surface area contributed by atoms with Crippen LogP contribution in [0.3, 0.4) is 0 Å². The van der Waals surface area contributed by atoms with E-state index in [9.17, 15) is 4.79 Å². The summed E-state index contributed by atoms with van der Waals surface area (Å²) < 4.78 is 0. The molecule has 1 aromatic rings. The van der Waals surface area contributed by atoms with Crippen molar-refractivity contribution >= 4 is 5.91 Å². The van der Waals surface area contributed by atoms with Gasteiger partial charge in [0.15, 0.2) is 0 Å². The molecular weight excluding hydrogens is 224 g/mol. The Balaban J connectivity index is 2.64. The van der Waals surface area contributed by atoms with Gasteiger partial charge >= 0.3 is 0 Å². The maximum atomic E-state index is 11.5. The molecule has 1 amide bonds. The highest BCUT2D eigenvalue weighted by Gasteiger charge is 2.16. The molecule has 3 heteroatoms. The lowest BCUT2D eigenvalue weighted by Crippen LogP contribution is -2.41. The second-order valence-corrected chi connectivity index (χ2v) is 5.10. The zero-order valence-electron chi connectivity index (χ0n) is 12.0. The molecule has 0 heterocycles. The van der Waals surface area contributed by atoms with E-state index in [2.05, 4.69) is 43.4 Å². The summed E-state index contributed by atoms with van der Waals surface area (Å²) in [6, 6.07) is 8.50. The third-order valence-corrected chi connectivity index (χ3v) is 3.37. The molecule has 0 radical (unpaired) electrons. The maximum absolute atomic E-state index is 11.5. The Kier molecular flexibility index (Phi) is 5.35. The number of nitrogens with zero attached hydrogens (tertiary/aromatic N) is 1. The number of rotatable bonds is 5. The zero-order chi connectivity index (χ0) is 13.7. The molecular formula is C15H24N2O. The number of carbonyl (C=O) groups excluding carboxylic acids is 1. The van der Waals surface area contributed by atoms with Gasteiger partial charge in [-0.1, -0.05) is 38.1 Å². The summed E-state index contributed by atoms with van der Waals surface area (Å²) in [5.41, 5.74) is 2.58. The number of hydrogen-bond acceptors (Lipinski definition) is 2. The van der Waals surface area contributed by atoms with Crippen molar-refractivity contribution in [1.29, 1.82) is 0 Å². The van der Waals surface area contributed by atoms with Crippen molar-refractivity contribution in [3.63, 3.8) is 0 Å². The Hall–Kier alpha value is -1.35. The summed E-state index contributed by atoms with van der Waals surface area (Å²) >= 11 is 0. The van der Waals surface area contributed by atoms with Gasteiger partial charge in [0.05, 0.1) is 6.04 Å². The van der Waals surface area contributed by atoms with Crippen LogP contribution in [-0.2, 0) is 11.3 Å². The predicted octanol–water partition coefficient (Wildman–Crippen LogP) is 2.38. The second-order valence-electron chi connectivity index (χ2n) is 5.10. The Labute approximate surface area is 110 Å². The van der Waals surface area contributed by atoms with Gasteiger partial charge < -0.3 is 5.32 Å². The number of benzene rings is 1. The van der Waals surface area contributed by atoms with Crippen LogP contribution >= 0.6 is 0 Å². The van der Waals surface area contributed by atoms with Crippen LogP contribution in [-0.4, -0.2) is 30.9 Å². The van der Waals surface area contributed by atoms with Gasteiger partial charge in [0, 0.05) is 13.6 Å². The first-order chi connectivity index (χ1) is 8.45. The van der Waals surface area contributed by atoms with Crippen molar-refractivity contribution in [1.82, 2.24) is 10.2 Å². The minimum Gasteiger partial charge on any atom is -0.358 e. The van der Waals surface area contributed by atoms with Crippen LogP contribution in [0, 0.1) is 0 Å². The van der Waals surface area contributed by atoms with Crippen LogP contribution in [0.15, 0.2) is 24.3 Å². The van der Waals surface area contributed by atoms with E-state index >= 15 is 0 Å². The molecule has 100 valence electrons. The monoisotopic (exact) mass is 248 g/mol. The van der Waals surface area contributed by atoms with E-state index in [1.54, 1.807) is 7.05 Å². The minimum absolute atomic E-state index is 0.0521. The van der Waals surface area contributed by atoms with E-state index in [0.717, 1.165) is 6.54 Å². The first-order valence-electron chi connectivity index (χ1n) is 6.46. The Morgan fingerprint density at radius 2 is 1.78 bits per heavy atom. The highest BCUT2D eigenvalue weighted by molar-refractivity contribution is 5.80. The number of likely N-dealkylation sites (N-methyl/N-ethyl adjacent to an activating group) is 2. The van der Waals surface area contributed by atoms with Gasteiger partial charge in [0.1, 0.15) is 0 Å². The van der Waals surface area contributed by atoms with Crippen LogP contribution in [0.1, 0.15) is 37.8 Å². The SMILES string of the molecule is CNC(=O)[C@H](C)N(C)Cc1ccc(C(C)C)cc1. The molecule has 1 atom stereocenters. The van der Waals surface area contributed by atoms with Gasteiger partial charge in [0.2, 0.25) is 5.91 Å². The molecule has 0 saturated heterocycles. The normalized spacial score (nSPS) is 12.8. The molecule has 0 aromatic heterocycles. The molecule has 1 aromatic carbocycles. The van der Waals surface area contributed by atoms with Crippen LogP contribution in [0.4, 0.5) is 0 Å². The quantitative estimate of drug-likeness (QED) is 0.867. The molecule has 1 N–H and O–H groups in total. The Morgan fingerprint density at radius 3 is 2.22 bits per heavy atom. The first kappa shape index (κ1) is 14.7. The van der Waals surface area contributed by atoms with Crippen molar-refractivity contribution in [3.05, 3.63) is 35.4 Å². The lowest BCUT2D eigenvalue weighted by Gasteiger charge is -2.23. The van der Waals surface area contributed by atoms with E-state index in [-0.39, 0.29) is 11.9 Å². The molecule has 3 nitrogen and oxygen atoms in total.